The molecule has 0 aromatic heterocycles. The molecule has 17 heavy (non-hydrogen) atoms. The zero-order chi connectivity index (χ0) is 12.8. The molecule has 4 heteroatoms. The van der Waals surface area contributed by atoms with Crippen molar-refractivity contribution in [3.8, 4) is 5.75 Å². The van der Waals surface area contributed by atoms with Crippen molar-refractivity contribution in [2.75, 3.05) is 13.7 Å². The normalized spacial score (nSPS) is 12.8. The molecule has 0 aliphatic heterocycles. The van der Waals surface area contributed by atoms with E-state index in [4.69, 9.17) is 16.3 Å². The highest BCUT2D eigenvalue weighted by atomic mass is 35.5. The zero-order valence-corrected chi connectivity index (χ0v) is 11.3. The first-order valence-electron chi connectivity index (χ1n) is 5.79. The number of hydrogen-bond donors (Lipinski definition) is 2. The van der Waals surface area contributed by atoms with Crippen molar-refractivity contribution in [3.63, 3.8) is 0 Å². The molecule has 0 radical (unpaired) electrons. The maximum absolute atomic E-state index is 10.0. The lowest BCUT2D eigenvalue weighted by Gasteiger charge is -2.15. The summed E-state index contributed by atoms with van der Waals surface area (Å²) in [5.41, 5.74) is 0.748. The molecule has 1 atom stereocenters. The number of aliphatic hydroxyl groups excluding tert-OH is 1. The summed E-state index contributed by atoms with van der Waals surface area (Å²) in [7, 11) is 1.59. The van der Waals surface area contributed by atoms with Gasteiger partial charge in [0.25, 0.3) is 0 Å². The Labute approximate surface area is 108 Å². The molecule has 0 bridgehead atoms. The average molecular weight is 258 g/mol. The minimum atomic E-state index is -0.542. The number of benzene rings is 1. The highest BCUT2D eigenvalue weighted by Crippen LogP contribution is 2.28. The van der Waals surface area contributed by atoms with Crippen LogP contribution in [-0.4, -0.2) is 24.8 Å². The van der Waals surface area contributed by atoms with Gasteiger partial charge >= 0.3 is 0 Å². The van der Waals surface area contributed by atoms with Crippen LogP contribution in [-0.2, 0) is 0 Å². The summed E-state index contributed by atoms with van der Waals surface area (Å²) >= 11 is 6.08. The van der Waals surface area contributed by atoms with E-state index in [0.29, 0.717) is 23.2 Å². The van der Waals surface area contributed by atoms with Gasteiger partial charge in [0, 0.05) is 6.04 Å². The van der Waals surface area contributed by atoms with Gasteiger partial charge in [0.15, 0.2) is 0 Å². The first-order chi connectivity index (χ1) is 8.04. The standard InChI is InChI=1S/C13H20ClNO2/c1-9(2)15-7-6-13(16)11-5-4-10(17-3)8-12(11)14/h4-5,8-9,13,15-16H,6-7H2,1-3H3. The first-order valence-corrected chi connectivity index (χ1v) is 6.17. The topological polar surface area (TPSA) is 41.5 Å². The van der Waals surface area contributed by atoms with Gasteiger partial charge in [-0.15, -0.1) is 0 Å². The summed E-state index contributed by atoms with van der Waals surface area (Å²) in [5, 5.41) is 13.8. The largest absolute Gasteiger partial charge is 0.497 e. The van der Waals surface area contributed by atoms with Crippen LogP contribution < -0.4 is 10.1 Å². The molecule has 2 N–H and O–H groups in total. The lowest BCUT2D eigenvalue weighted by Crippen LogP contribution is -2.25. The molecular weight excluding hydrogens is 238 g/mol. The second kappa shape index (κ2) is 6.84. The SMILES string of the molecule is COc1ccc(C(O)CCNC(C)C)c(Cl)c1. The highest BCUT2D eigenvalue weighted by molar-refractivity contribution is 6.31. The van der Waals surface area contributed by atoms with Crippen LogP contribution in [0.1, 0.15) is 31.9 Å². The second-order valence-corrected chi connectivity index (χ2v) is 4.71. The van der Waals surface area contributed by atoms with Gasteiger partial charge < -0.3 is 15.2 Å². The molecule has 0 heterocycles. The van der Waals surface area contributed by atoms with E-state index in [2.05, 4.69) is 19.2 Å². The minimum absolute atomic E-state index is 0.425. The van der Waals surface area contributed by atoms with Crippen molar-refractivity contribution in [2.24, 2.45) is 0 Å². The van der Waals surface area contributed by atoms with E-state index in [1.165, 1.54) is 0 Å². The van der Waals surface area contributed by atoms with E-state index in [9.17, 15) is 5.11 Å². The van der Waals surface area contributed by atoms with Gasteiger partial charge in [0.1, 0.15) is 5.75 Å². The Morgan fingerprint density at radius 2 is 2.12 bits per heavy atom. The maximum atomic E-state index is 10.0. The van der Waals surface area contributed by atoms with Crippen molar-refractivity contribution in [1.82, 2.24) is 5.32 Å². The fraction of sp³-hybridized carbons (Fsp3) is 0.538. The van der Waals surface area contributed by atoms with Gasteiger partial charge in [0.2, 0.25) is 0 Å². The van der Waals surface area contributed by atoms with Gasteiger partial charge in [0.05, 0.1) is 18.2 Å². The fourth-order valence-corrected chi connectivity index (χ4v) is 1.87. The Kier molecular flexibility index (Phi) is 5.75. The second-order valence-electron chi connectivity index (χ2n) is 4.30. The fourth-order valence-electron chi connectivity index (χ4n) is 1.57. The van der Waals surface area contributed by atoms with Crippen molar-refractivity contribution in [1.29, 1.82) is 0 Å². The van der Waals surface area contributed by atoms with Gasteiger partial charge in [-0.1, -0.05) is 31.5 Å². The van der Waals surface area contributed by atoms with Crippen molar-refractivity contribution < 1.29 is 9.84 Å². The van der Waals surface area contributed by atoms with Crippen molar-refractivity contribution in [2.45, 2.75) is 32.4 Å². The van der Waals surface area contributed by atoms with E-state index in [0.717, 1.165) is 12.1 Å². The molecule has 0 amide bonds. The van der Waals surface area contributed by atoms with Gasteiger partial charge in [-0.05, 0) is 30.7 Å². The molecule has 0 saturated heterocycles. The Morgan fingerprint density at radius 3 is 2.65 bits per heavy atom. The third kappa shape index (κ3) is 4.54. The third-order valence-electron chi connectivity index (χ3n) is 2.54. The Bertz CT molecular complexity index is 355. The van der Waals surface area contributed by atoms with Crippen LogP contribution in [0.3, 0.4) is 0 Å². The van der Waals surface area contributed by atoms with Crippen LogP contribution in [0.15, 0.2) is 18.2 Å². The maximum Gasteiger partial charge on any atom is 0.120 e. The molecular formula is C13H20ClNO2. The van der Waals surface area contributed by atoms with E-state index in [-0.39, 0.29) is 0 Å². The van der Waals surface area contributed by atoms with Gasteiger partial charge in [-0.2, -0.15) is 0 Å². The number of rotatable bonds is 6. The predicted molar refractivity (Wildman–Crippen MR) is 70.7 cm³/mol. The van der Waals surface area contributed by atoms with Crippen LogP contribution in [0.2, 0.25) is 5.02 Å². The average Bonchev–Trinajstić information content (AvgIpc) is 2.28. The Balaban J connectivity index is 2.59. The summed E-state index contributed by atoms with van der Waals surface area (Å²) < 4.78 is 5.06. The van der Waals surface area contributed by atoms with Gasteiger partial charge in [-0.3, -0.25) is 0 Å². The summed E-state index contributed by atoms with van der Waals surface area (Å²) in [6.45, 7) is 4.92. The smallest absolute Gasteiger partial charge is 0.120 e. The van der Waals surface area contributed by atoms with E-state index in [1.807, 2.05) is 0 Å². The molecule has 1 unspecified atom stereocenters. The van der Waals surface area contributed by atoms with E-state index < -0.39 is 6.10 Å². The summed E-state index contributed by atoms with van der Waals surface area (Å²) in [4.78, 5) is 0. The molecule has 0 saturated carbocycles. The van der Waals surface area contributed by atoms with Crippen molar-refractivity contribution >= 4 is 11.6 Å². The van der Waals surface area contributed by atoms with Crippen LogP contribution >= 0.6 is 11.6 Å². The minimum Gasteiger partial charge on any atom is -0.497 e. The molecule has 3 nitrogen and oxygen atoms in total. The molecule has 1 rings (SSSR count). The highest BCUT2D eigenvalue weighted by Gasteiger charge is 2.12. The van der Waals surface area contributed by atoms with Crippen molar-refractivity contribution in [3.05, 3.63) is 28.8 Å². The molecule has 96 valence electrons. The quantitative estimate of drug-likeness (QED) is 0.824. The number of nitrogens with one attached hydrogen (secondary N) is 1. The zero-order valence-electron chi connectivity index (χ0n) is 10.5. The van der Waals surface area contributed by atoms with Crippen LogP contribution in [0.25, 0.3) is 0 Å². The summed E-state index contributed by atoms with van der Waals surface area (Å²) in [6.07, 6.45) is 0.101. The summed E-state index contributed by atoms with van der Waals surface area (Å²) in [6, 6.07) is 5.76. The van der Waals surface area contributed by atoms with Crippen LogP contribution in [0.5, 0.6) is 5.75 Å². The number of hydrogen-bond acceptors (Lipinski definition) is 3. The number of ether oxygens (including phenoxy) is 1. The monoisotopic (exact) mass is 257 g/mol. The predicted octanol–water partition coefficient (Wildman–Crippen LogP) is 2.77. The van der Waals surface area contributed by atoms with Gasteiger partial charge in [-0.25, -0.2) is 0 Å². The Morgan fingerprint density at radius 1 is 1.41 bits per heavy atom. The third-order valence-corrected chi connectivity index (χ3v) is 2.86. The molecule has 0 fully saturated rings. The molecule has 0 aliphatic rings. The number of halogens is 1. The van der Waals surface area contributed by atoms with Crippen LogP contribution in [0, 0.1) is 0 Å². The molecule has 1 aromatic carbocycles. The van der Waals surface area contributed by atoms with Crippen LogP contribution in [0.4, 0.5) is 0 Å². The van der Waals surface area contributed by atoms with E-state index >= 15 is 0 Å². The molecule has 0 spiro atoms. The lowest BCUT2D eigenvalue weighted by atomic mass is 10.1. The number of methoxy groups -OCH3 is 1. The summed E-state index contributed by atoms with van der Waals surface area (Å²) in [5.74, 6) is 0.700. The number of aliphatic hydroxyl groups is 1. The lowest BCUT2D eigenvalue weighted by molar-refractivity contribution is 0.166. The van der Waals surface area contributed by atoms with E-state index in [1.54, 1.807) is 25.3 Å². The molecule has 0 aliphatic carbocycles. The molecule has 1 aromatic rings. The Hall–Kier alpha value is -0.770. The first kappa shape index (κ1) is 14.3.